The van der Waals surface area contributed by atoms with E-state index in [1.165, 1.54) is 6.07 Å². The van der Waals surface area contributed by atoms with E-state index in [-0.39, 0.29) is 23.6 Å². The van der Waals surface area contributed by atoms with Crippen molar-refractivity contribution in [1.29, 1.82) is 0 Å². The summed E-state index contributed by atoms with van der Waals surface area (Å²) in [5.74, 6) is -1.65. The molecule has 1 aromatic carbocycles. The predicted octanol–water partition coefficient (Wildman–Crippen LogP) is 1.51. The van der Waals surface area contributed by atoms with Crippen molar-refractivity contribution in [2.24, 2.45) is 13.0 Å². The molecule has 0 saturated heterocycles. The van der Waals surface area contributed by atoms with Gasteiger partial charge in [0.05, 0.1) is 18.3 Å². The third kappa shape index (κ3) is 3.19. The van der Waals surface area contributed by atoms with E-state index in [1.54, 1.807) is 17.9 Å². The zero-order valence-electron chi connectivity index (χ0n) is 12.6. The molecule has 2 aromatic rings. The van der Waals surface area contributed by atoms with Crippen molar-refractivity contribution < 1.29 is 19.4 Å². The van der Waals surface area contributed by atoms with Crippen molar-refractivity contribution in [2.45, 2.75) is 25.0 Å². The fraction of sp³-hybridized carbons (Fsp3) is 0.375. The first-order valence-electron chi connectivity index (χ1n) is 7.40. The number of rotatable bonds is 4. The average Bonchev–Trinajstić information content (AvgIpc) is 2.91. The molecular formula is C16H18FN3O3. The van der Waals surface area contributed by atoms with Crippen molar-refractivity contribution >= 4 is 5.91 Å². The van der Waals surface area contributed by atoms with Gasteiger partial charge in [0, 0.05) is 24.4 Å². The fourth-order valence-electron chi connectivity index (χ4n) is 2.85. The number of halogens is 1. The van der Waals surface area contributed by atoms with Crippen LogP contribution in [-0.4, -0.2) is 32.0 Å². The van der Waals surface area contributed by atoms with Gasteiger partial charge in [0.2, 0.25) is 0 Å². The van der Waals surface area contributed by atoms with Crippen LogP contribution in [-0.2, 0) is 7.05 Å². The van der Waals surface area contributed by atoms with Crippen LogP contribution in [0, 0.1) is 11.7 Å². The molecule has 0 bridgehead atoms. The summed E-state index contributed by atoms with van der Waals surface area (Å²) in [5, 5.41) is 25.7. The highest BCUT2D eigenvalue weighted by molar-refractivity contribution is 5.94. The quantitative estimate of drug-likeness (QED) is 0.797. The lowest BCUT2D eigenvalue weighted by atomic mass is 9.75. The van der Waals surface area contributed by atoms with Crippen molar-refractivity contribution in [2.75, 3.05) is 0 Å². The minimum absolute atomic E-state index is 0.111. The van der Waals surface area contributed by atoms with Crippen molar-refractivity contribution in [3.8, 4) is 5.75 Å². The Morgan fingerprint density at radius 2 is 2.22 bits per heavy atom. The molecule has 122 valence electrons. The maximum Gasteiger partial charge on any atom is 0.251 e. The number of aromatic hydroxyl groups is 1. The van der Waals surface area contributed by atoms with Gasteiger partial charge in [0.1, 0.15) is 0 Å². The second kappa shape index (κ2) is 6.00. The highest BCUT2D eigenvalue weighted by Crippen LogP contribution is 2.38. The third-order valence-corrected chi connectivity index (χ3v) is 4.20. The molecule has 0 radical (unpaired) electrons. The topological polar surface area (TPSA) is 87.4 Å². The number of nitrogens with zero attached hydrogens (tertiary/aromatic N) is 2. The van der Waals surface area contributed by atoms with Gasteiger partial charge in [0.25, 0.3) is 5.91 Å². The van der Waals surface area contributed by atoms with E-state index in [0.29, 0.717) is 12.8 Å². The van der Waals surface area contributed by atoms with Gasteiger partial charge < -0.3 is 15.5 Å². The average molecular weight is 319 g/mol. The molecule has 3 N–H and O–H groups in total. The van der Waals surface area contributed by atoms with E-state index in [9.17, 15) is 19.4 Å². The molecule has 3 rings (SSSR count). The Kier molecular flexibility index (Phi) is 4.04. The second-order valence-corrected chi connectivity index (χ2v) is 5.95. The van der Waals surface area contributed by atoms with Gasteiger partial charge in [0.15, 0.2) is 11.6 Å². The summed E-state index contributed by atoms with van der Waals surface area (Å²) in [5.41, 5.74) is 0.978. The van der Waals surface area contributed by atoms with Crippen LogP contribution in [0.4, 0.5) is 4.39 Å². The van der Waals surface area contributed by atoms with Gasteiger partial charge >= 0.3 is 0 Å². The number of hydrogen-bond acceptors (Lipinski definition) is 4. The first-order valence-corrected chi connectivity index (χ1v) is 7.40. The van der Waals surface area contributed by atoms with E-state index >= 15 is 0 Å². The minimum Gasteiger partial charge on any atom is -0.505 e. The van der Waals surface area contributed by atoms with Crippen molar-refractivity contribution in [3.63, 3.8) is 0 Å². The molecule has 1 aromatic heterocycles. The lowest BCUT2D eigenvalue weighted by Gasteiger charge is -2.37. The Morgan fingerprint density at radius 1 is 1.48 bits per heavy atom. The molecule has 0 unspecified atom stereocenters. The number of phenolic OH excluding ortho intramolecular Hbond substituents is 1. The molecule has 1 fully saturated rings. The van der Waals surface area contributed by atoms with E-state index in [1.807, 2.05) is 6.20 Å². The number of carbonyl (C=O) groups is 1. The van der Waals surface area contributed by atoms with Crippen LogP contribution < -0.4 is 5.32 Å². The first kappa shape index (κ1) is 15.5. The largest absolute Gasteiger partial charge is 0.505 e. The van der Waals surface area contributed by atoms with Gasteiger partial charge in [-0.15, -0.1) is 0 Å². The monoisotopic (exact) mass is 319 g/mol. The molecule has 0 spiro atoms. The second-order valence-electron chi connectivity index (χ2n) is 5.95. The summed E-state index contributed by atoms with van der Waals surface area (Å²) >= 11 is 0. The van der Waals surface area contributed by atoms with Crippen molar-refractivity contribution in [1.82, 2.24) is 15.1 Å². The lowest BCUT2D eigenvalue weighted by Crippen LogP contribution is -2.41. The lowest BCUT2D eigenvalue weighted by molar-refractivity contribution is 0.0235. The molecule has 23 heavy (non-hydrogen) atoms. The minimum atomic E-state index is -0.838. The Labute approximate surface area is 132 Å². The van der Waals surface area contributed by atoms with Gasteiger partial charge in [-0.1, -0.05) is 0 Å². The number of aliphatic hydroxyl groups excluding tert-OH is 1. The molecule has 0 aliphatic heterocycles. The highest BCUT2D eigenvalue weighted by atomic mass is 19.1. The number of aromatic nitrogens is 2. The number of aryl methyl sites for hydroxylation is 1. The standard InChI is InChI=1S/C16H18FN3O3/c1-20-8-11(7-18-20)15(10-4-12(21)5-10)19-16(23)9-2-3-14(22)13(17)6-9/h2-3,6-8,10,12,15,21-22H,4-5H2,1H3,(H,19,23)/t10?,12?,15-/m0/s1. The number of aliphatic hydroxyl groups is 1. The van der Waals surface area contributed by atoms with Crippen LogP contribution in [0.2, 0.25) is 0 Å². The molecule has 6 nitrogen and oxygen atoms in total. The fourth-order valence-corrected chi connectivity index (χ4v) is 2.85. The molecule has 1 aliphatic carbocycles. The van der Waals surface area contributed by atoms with Crippen LogP contribution in [0.15, 0.2) is 30.6 Å². The summed E-state index contributed by atoms with van der Waals surface area (Å²) in [6.45, 7) is 0. The van der Waals surface area contributed by atoms with Crippen LogP contribution in [0.25, 0.3) is 0 Å². The maximum absolute atomic E-state index is 13.4. The Hall–Kier alpha value is -2.41. The van der Waals surface area contributed by atoms with Crippen molar-refractivity contribution in [3.05, 3.63) is 47.5 Å². The zero-order valence-corrected chi connectivity index (χ0v) is 12.6. The number of hydrogen-bond donors (Lipinski definition) is 3. The molecular weight excluding hydrogens is 301 g/mol. The van der Waals surface area contributed by atoms with Crippen LogP contribution in [0.5, 0.6) is 5.75 Å². The van der Waals surface area contributed by atoms with Crippen LogP contribution in [0.1, 0.15) is 34.8 Å². The normalized spacial score (nSPS) is 21.5. The van der Waals surface area contributed by atoms with E-state index in [0.717, 1.165) is 17.7 Å². The zero-order chi connectivity index (χ0) is 16.6. The number of benzene rings is 1. The smallest absolute Gasteiger partial charge is 0.251 e. The number of amides is 1. The summed E-state index contributed by atoms with van der Waals surface area (Å²) < 4.78 is 15.1. The summed E-state index contributed by atoms with van der Waals surface area (Å²) in [6, 6.07) is 3.22. The summed E-state index contributed by atoms with van der Waals surface area (Å²) in [6.07, 6.45) is 4.34. The third-order valence-electron chi connectivity index (χ3n) is 4.20. The molecule has 1 aliphatic rings. The molecule has 1 atom stereocenters. The van der Waals surface area contributed by atoms with Gasteiger partial charge in [-0.3, -0.25) is 9.48 Å². The maximum atomic E-state index is 13.4. The van der Waals surface area contributed by atoms with E-state index < -0.39 is 17.5 Å². The SMILES string of the molecule is Cn1cc([C@@H](NC(=O)c2ccc(O)c(F)c2)C2CC(O)C2)cn1. The number of phenols is 1. The van der Waals surface area contributed by atoms with Gasteiger partial charge in [-0.05, 0) is 37.0 Å². The number of nitrogens with one attached hydrogen (secondary N) is 1. The van der Waals surface area contributed by atoms with Gasteiger partial charge in [-0.25, -0.2) is 4.39 Å². The predicted molar refractivity (Wildman–Crippen MR) is 80.2 cm³/mol. The molecule has 1 amide bonds. The molecule has 7 heteroatoms. The molecule has 1 heterocycles. The first-order chi connectivity index (χ1) is 10.9. The van der Waals surface area contributed by atoms with Gasteiger partial charge in [-0.2, -0.15) is 5.10 Å². The van der Waals surface area contributed by atoms with Crippen LogP contribution >= 0.6 is 0 Å². The summed E-state index contributed by atoms with van der Waals surface area (Å²) in [7, 11) is 1.79. The molecule has 1 saturated carbocycles. The summed E-state index contributed by atoms with van der Waals surface area (Å²) in [4.78, 5) is 12.4. The highest BCUT2D eigenvalue weighted by Gasteiger charge is 2.36. The Morgan fingerprint density at radius 3 is 2.78 bits per heavy atom. The number of carbonyl (C=O) groups excluding carboxylic acids is 1. The van der Waals surface area contributed by atoms with E-state index in [2.05, 4.69) is 10.4 Å². The van der Waals surface area contributed by atoms with Crippen LogP contribution in [0.3, 0.4) is 0 Å². The Bertz CT molecular complexity index is 725. The Balaban J connectivity index is 1.80. The van der Waals surface area contributed by atoms with E-state index in [4.69, 9.17) is 0 Å².